The van der Waals surface area contributed by atoms with E-state index in [1.54, 1.807) is 30.3 Å². The van der Waals surface area contributed by atoms with E-state index in [-0.39, 0.29) is 29.8 Å². The summed E-state index contributed by atoms with van der Waals surface area (Å²) in [7, 11) is 3.21. The van der Waals surface area contributed by atoms with Crippen LogP contribution in [0.25, 0.3) is 0 Å². The second-order valence-corrected chi connectivity index (χ2v) is 10.1. The van der Waals surface area contributed by atoms with Crippen LogP contribution in [0.5, 0.6) is 0 Å². The first kappa shape index (κ1) is 26.1. The van der Waals surface area contributed by atoms with Crippen molar-refractivity contribution in [1.82, 2.24) is 25.0 Å². The van der Waals surface area contributed by atoms with Crippen molar-refractivity contribution in [3.05, 3.63) is 80.9 Å². The zero-order valence-corrected chi connectivity index (χ0v) is 21.6. The topological polar surface area (TPSA) is 113 Å². The molecule has 1 aliphatic rings. The zero-order chi connectivity index (χ0) is 26.0. The van der Waals surface area contributed by atoms with Gasteiger partial charge in [-0.15, -0.1) is 5.10 Å². The molecule has 0 aliphatic carbocycles. The SMILES string of the molecule is CC(C)[C@H](c1nn(C)c(=O)o1)N(C)C(=O)c1ccc(C[C@@H]2CC[C@H](C(O)c3ccc(Cl)nc3)N2)cc1. The van der Waals surface area contributed by atoms with Crippen molar-refractivity contribution in [2.45, 2.75) is 57.3 Å². The molecule has 2 N–H and O–H groups in total. The Morgan fingerprint density at radius 1 is 1.25 bits per heavy atom. The predicted octanol–water partition coefficient (Wildman–Crippen LogP) is 3.29. The molecule has 0 saturated carbocycles. The number of aliphatic hydroxyl groups is 1. The molecule has 192 valence electrons. The normalized spacial score (nSPS) is 19.4. The van der Waals surface area contributed by atoms with Crippen LogP contribution in [0.1, 0.15) is 66.2 Å². The Balaban J connectivity index is 1.38. The molecular formula is C26H32ClN5O4. The fraction of sp³-hybridized carbons (Fsp3) is 0.462. The minimum atomic E-state index is -0.646. The molecule has 9 nitrogen and oxygen atoms in total. The fourth-order valence-corrected chi connectivity index (χ4v) is 4.95. The third-order valence-corrected chi connectivity index (χ3v) is 6.98. The van der Waals surface area contributed by atoms with Gasteiger partial charge in [-0.1, -0.05) is 43.6 Å². The van der Waals surface area contributed by atoms with Crippen LogP contribution >= 0.6 is 11.6 Å². The highest BCUT2D eigenvalue weighted by molar-refractivity contribution is 6.29. The van der Waals surface area contributed by atoms with Gasteiger partial charge >= 0.3 is 5.76 Å². The number of nitrogens with zero attached hydrogens (tertiary/aromatic N) is 4. The maximum absolute atomic E-state index is 13.2. The molecule has 36 heavy (non-hydrogen) atoms. The Hall–Kier alpha value is -3.01. The van der Waals surface area contributed by atoms with Crippen molar-refractivity contribution in [1.29, 1.82) is 0 Å². The minimum Gasteiger partial charge on any atom is -0.390 e. The number of carbonyl (C=O) groups excluding carboxylic acids is 1. The van der Waals surface area contributed by atoms with Gasteiger partial charge in [0, 0.05) is 43.5 Å². The van der Waals surface area contributed by atoms with E-state index < -0.39 is 17.9 Å². The molecule has 0 bridgehead atoms. The number of carbonyl (C=O) groups is 1. The minimum absolute atomic E-state index is 0.00309. The van der Waals surface area contributed by atoms with Crippen molar-refractivity contribution >= 4 is 17.5 Å². The number of benzene rings is 1. The van der Waals surface area contributed by atoms with Gasteiger partial charge in [0.25, 0.3) is 5.91 Å². The first-order valence-electron chi connectivity index (χ1n) is 12.1. The molecule has 1 amide bonds. The lowest BCUT2D eigenvalue weighted by Crippen LogP contribution is -2.35. The number of aliphatic hydroxyl groups excluding tert-OH is 1. The zero-order valence-electron chi connectivity index (χ0n) is 20.9. The second-order valence-electron chi connectivity index (χ2n) is 9.74. The lowest BCUT2D eigenvalue weighted by molar-refractivity contribution is 0.0650. The van der Waals surface area contributed by atoms with Crippen LogP contribution in [-0.4, -0.2) is 49.8 Å². The summed E-state index contributed by atoms with van der Waals surface area (Å²) in [6.45, 7) is 3.91. The molecule has 1 aromatic carbocycles. The molecule has 3 heterocycles. The summed E-state index contributed by atoms with van der Waals surface area (Å²) < 4.78 is 6.40. The summed E-state index contributed by atoms with van der Waals surface area (Å²) in [6, 6.07) is 10.8. The maximum Gasteiger partial charge on any atom is 0.436 e. The number of aryl methyl sites for hydroxylation is 1. The largest absolute Gasteiger partial charge is 0.436 e. The van der Waals surface area contributed by atoms with E-state index in [2.05, 4.69) is 15.4 Å². The van der Waals surface area contributed by atoms with Crippen molar-refractivity contribution in [3.8, 4) is 0 Å². The van der Waals surface area contributed by atoms with Gasteiger partial charge in [0.2, 0.25) is 5.89 Å². The van der Waals surface area contributed by atoms with Crippen molar-refractivity contribution < 1.29 is 14.3 Å². The van der Waals surface area contributed by atoms with Gasteiger partial charge in [0.1, 0.15) is 11.2 Å². The number of nitrogens with one attached hydrogen (secondary N) is 1. The predicted molar refractivity (Wildman–Crippen MR) is 136 cm³/mol. The Kier molecular flexibility index (Phi) is 7.92. The highest BCUT2D eigenvalue weighted by Crippen LogP contribution is 2.28. The van der Waals surface area contributed by atoms with Gasteiger partial charge < -0.3 is 19.7 Å². The molecule has 1 saturated heterocycles. The van der Waals surface area contributed by atoms with Crippen molar-refractivity contribution in [3.63, 3.8) is 0 Å². The van der Waals surface area contributed by atoms with Gasteiger partial charge in [-0.3, -0.25) is 4.79 Å². The first-order valence-corrected chi connectivity index (χ1v) is 12.5. The van der Waals surface area contributed by atoms with Crippen LogP contribution in [0.15, 0.2) is 51.8 Å². The molecule has 1 aliphatic heterocycles. The highest BCUT2D eigenvalue weighted by atomic mass is 35.5. The average Bonchev–Trinajstić information content (AvgIpc) is 3.45. The second kappa shape index (κ2) is 10.9. The molecule has 3 aromatic rings. The number of pyridine rings is 1. The lowest BCUT2D eigenvalue weighted by Gasteiger charge is -2.28. The molecule has 1 fully saturated rings. The van der Waals surface area contributed by atoms with Crippen LogP contribution in [-0.2, 0) is 13.5 Å². The summed E-state index contributed by atoms with van der Waals surface area (Å²) in [5, 5.41) is 18.8. The summed E-state index contributed by atoms with van der Waals surface area (Å²) in [6.07, 6.45) is 3.56. The van der Waals surface area contributed by atoms with Crippen LogP contribution in [0.3, 0.4) is 0 Å². The molecule has 4 atom stereocenters. The van der Waals surface area contributed by atoms with Gasteiger partial charge in [0.05, 0.1) is 6.10 Å². The molecule has 1 unspecified atom stereocenters. The highest BCUT2D eigenvalue weighted by Gasteiger charge is 2.32. The van der Waals surface area contributed by atoms with Crippen LogP contribution in [0.4, 0.5) is 0 Å². The maximum atomic E-state index is 13.2. The van der Waals surface area contributed by atoms with Gasteiger partial charge in [-0.25, -0.2) is 9.78 Å². The number of hydrogen-bond acceptors (Lipinski definition) is 7. The van der Waals surface area contributed by atoms with Crippen LogP contribution in [0, 0.1) is 5.92 Å². The van der Waals surface area contributed by atoms with Gasteiger partial charge in [-0.05, 0) is 48.9 Å². The summed E-state index contributed by atoms with van der Waals surface area (Å²) in [5.74, 6) is -0.506. The van der Waals surface area contributed by atoms with E-state index in [0.29, 0.717) is 10.7 Å². The summed E-state index contributed by atoms with van der Waals surface area (Å²) >= 11 is 5.85. The lowest BCUT2D eigenvalue weighted by atomic mass is 10.00. The van der Waals surface area contributed by atoms with E-state index in [1.165, 1.54) is 7.05 Å². The molecule has 10 heteroatoms. The van der Waals surface area contributed by atoms with Crippen LogP contribution in [0.2, 0.25) is 5.15 Å². The Morgan fingerprint density at radius 2 is 1.97 bits per heavy atom. The van der Waals surface area contributed by atoms with E-state index >= 15 is 0 Å². The third kappa shape index (κ3) is 5.69. The molecule has 4 rings (SSSR count). The Bertz CT molecular complexity index is 1240. The number of rotatable bonds is 8. The number of aromatic nitrogens is 3. The summed E-state index contributed by atoms with van der Waals surface area (Å²) in [4.78, 5) is 30.6. The molecule has 0 radical (unpaired) electrons. The van der Waals surface area contributed by atoms with E-state index in [9.17, 15) is 14.7 Å². The number of hydrogen-bond donors (Lipinski definition) is 2. The summed E-state index contributed by atoms with van der Waals surface area (Å²) in [5.41, 5.74) is 2.40. The first-order chi connectivity index (χ1) is 17.1. The molecule has 2 aromatic heterocycles. The molecular weight excluding hydrogens is 482 g/mol. The third-order valence-electron chi connectivity index (χ3n) is 6.76. The average molecular weight is 514 g/mol. The molecule has 0 spiro atoms. The quantitative estimate of drug-likeness (QED) is 0.444. The van der Waals surface area contributed by atoms with Gasteiger partial charge in [-0.2, -0.15) is 4.68 Å². The smallest absolute Gasteiger partial charge is 0.390 e. The number of halogens is 1. The van der Waals surface area contributed by atoms with Gasteiger partial charge in [0.15, 0.2) is 0 Å². The number of amides is 1. The van der Waals surface area contributed by atoms with E-state index in [4.69, 9.17) is 16.0 Å². The van der Waals surface area contributed by atoms with E-state index in [1.807, 2.05) is 38.1 Å². The van der Waals surface area contributed by atoms with Crippen molar-refractivity contribution in [2.24, 2.45) is 13.0 Å². The monoisotopic (exact) mass is 513 g/mol. The fourth-order valence-electron chi connectivity index (χ4n) is 4.83. The Labute approximate surface area is 215 Å². The van der Waals surface area contributed by atoms with Crippen molar-refractivity contribution in [2.75, 3.05) is 7.05 Å². The van der Waals surface area contributed by atoms with E-state index in [0.717, 1.165) is 35.1 Å². The van der Waals surface area contributed by atoms with Crippen LogP contribution < -0.4 is 11.1 Å². The Morgan fingerprint density at radius 3 is 2.56 bits per heavy atom. The standard InChI is InChI=1S/C26H32ClN5O4/c1-15(2)22(24-30-32(4)26(35)36-24)31(3)25(34)17-7-5-16(6-8-17)13-19-10-11-20(29-19)23(33)18-9-12-21(27)28-14-18/h5-9,12,14-15,19-20,22-23,29,33H,10-11,13H2,1-4H3/t19-,20+,22+,23?/m0/s1.